The van der Waals surface area contributed by atoms with Crippen LogP contribution in [-0.2, 0) is 10.0 Å². The number of hydrogen-bond donors (Lipinski definition) is 1. The standard InChI is InChI=1S/C22H17N5O2S/c1-15-10-12-16(13-11-15)30(28,29)26-21-22(25-18-7-3-2-6-17(18)24-21)27-14-23-19-8-4-5-9-20(19)27/h2-14H,1H3,(H,24,26). The van der Waals surface area contributed by atoms with Gasteiger partial charge in [-0.05, 0) is 43.3 Å². The van der Waals surface area contributed by atoms with Gasteiger partial charge in [0.2, 0.25) is 0 Å². The average Bonchev–Trinajstić information content (AvgIpc) is 3.17. The van der Waals surface area contributed by atoms with E-state index in [-0.39, 0.29) is 10.7 Å². The van der Waals surface area contributed by atoms with Crippen molar-refractivity contribution in [3.05, 3.63) is 84.7 Å². The minimum Gasteiger partial charge on any atom is -0.280 e. The molecule has 0 fully saturated rings. The van der Waals surface area contributed by atoms with E-state index in [0.29, 0.717) is 16.9 Å². The number of fused-ring (bicyclic) bond motifs is 2. The summed E-state index contributed by atoms with van der Waals surface area (Å²) in [6, 6.07) is 21.5. The lowest BCUT2D eigenvalue weighted by atomic mass is 10.2. The number of para-hydroxylation sites is 4. The number of nitrogens with one attached hydrogen (secondary N) is 1. The number of hydrogen-bond acceptors (Lipinski definition) is 5. The first-order chi connectivity index (χ1) is 14.5. The first-order valence-electron chi connectivity index (χ1n) is 9.30. The minimum absolute atomic E-state index is 0.137. The molecule has 2 aromatic heterocycles. The highest BCUT2D eigenvalue weighted by atomic mass is 32.2. The molecule has 0 aliphatic carbocycles. The predicted molar refractivity (Wildman–Crippen MR) is 116 cm³/mol. The van der Waals surface area contributed by atoms with Crippen LogP contribution in [0.15, 0.2) is 84.0 Å². The van der Waals surface area contributed by atoms with Gasteiger partial charge in [-0.15, -0.1) is 0 Å². The largest absolute Gasteiger partial charge is 0.280 e. The molecule has 148 valence electrons. The zero-order valence-electron chi connectivity index (χ0n) is 16.0. The van der Waals surface area contributed by atoms with Crippen molar-refractivity contribution >= 4 is 37.9 Å². The molecule has 7 nitrogen and oxygen atoms in total. The van der Waals surface area contributed by atoms with Crippen LogP contribution in [0.5, 0.6) is 0 Å². The topological polar surface area (TPSA) is 89.8 Å². The summed E-state index contributed by atoms with van der Waals surface area (Å²) in [5, 5.41) is 0. The first-order valence-corrected chi connectivity index (χ1v) is 10.8. The summed E-state index contributed by atoms with van der Waals surface area (Å²) < 4.78 is 30.4. The van der Waals surface area contributed by atoms with Crippen LogP contribution in [0.3, 0.4) is 0 Å². The molecule has 0 unspecified atom stereocenters. The van der Waals surface area contributed by atoms with Crippen LogP contribution in [0.25, 0.3) is 27.9 Å². The summed E-state index contributed by atoms with van der Waals surface area (Å²) in [4.78, 5) is 13.8. The van der Waals surface area contributed by atoms with Crippen molar-refractivity contribution in [1.82, 2.24) is 19.5 Å². The van der Waals surface area contributed by atoms with Gasteiger partial charge in [-0.2, -0.15) is 0 Å². The molecule has 0 radical (unpaired) electrons. The van der Waals surface area contributed by atoms with Gasteiger partial charge >= 0.3 is 0 Å². The molecule has 0 amide bonds. The monoisotopic (exact) mass is 415 g/mol. The number of benzene rings is 3. The highest BCUT2D eigenvalue weighted by molar-refractivity contribution is 7.92. The fourth-order valence-electron chi connectivity index (χ4n) is 3.26. The van der Waals surface area contributed by atoms with Gasteiger partial charge in [0.05, 0.1) is 27.0 Å². The molecule has 0 saturated heterocycles. The second-order valence-corrected chi connectivity index (χ2v) is 8.59. The van der Waals surface area contributed by atoms with Crippen molar-refractivity contribution in [3.63, 3.8) is 0 Å². The molecule has 30 heavy (non-hydrogen) atoms. The molecular weight excluding hydrogens is 398 g/mol. The molecule has 5 rings (SSSR count). The molecule has 0 saturated carbocycles. The second kappa shape index (κ2) is 6.93. The Morgan fingerprint density at radius 1 is 0.800 bits per heavy atom. The highest BCUT2D eigenvalue weighted by Gasteiger charge is 2.20. The molecule has 0 atom stereocenters. The molecule has 1 N–H and O–H groups in total. The summed E-state index contributed by atoms with van der Waals surface area (Å²) in [6.07, 6.45) is 1.62. The van der Waals surface area contributed by atoms with Crippen LogP contribution < -0.4 is 4.72 Å². The number of anilines is 1. The third-order valence-electron chi connectivity index (χ3n) is 4.80. The quantitative estimate of drug-likeness (QED) is 0.478. The lowest BCUT2D eigenvalue weighted by Gasteiger charge is -2.13. The van der Waals surface area contributed by atoms with Crippen molar-refractivity contribution in [2.24, 2.45) is 0 Å². The Labute approximate surface area is 173 Å². The molecule has 0 aliphatic rings. The van der Waals surface area contributed by atoms with Crippen molar-refractivity contribution < 1.29 is 8.42 Å². The van der Waals surface area contributed by atoms with E-state index >= 15 is 0 Å². The molecular formula is C22H17N5O2S. The van der Waals surface area contributed by atoms with Crippen LogP contribution in [0.2, 0.25) is 0 Å². The van der Waals surface area contributed by atoms with Gasteiger partial charge in [0.1, 0.15) is 6.33 Å². The van der Waals surface area contributed by atoms with E-state index in [1.807, 2.05) is 49.4 Å². The lowest BCUT2D eigenvalue weighted by Crippen LogP contribution is -2.16. The van der Waals surface area contributed by atoms with E-state index in [9.17, 15) is 8.42 Å². The van der Waals surface area contributed by atoms with Gasteiger partial charge in [0, 0.05) is 0 Å². The maximum atomic E-state index is 13.0. The Morgan fingerprint density at radius 3 is 2.17 bits per heavy atom. The van der Waals surface area contributed by atoms with E-state index < -0.39 is 10.0 Å². The minimum atomic E-state index is -3.85. The smallest absolute Gasteiger partial charge is 0.263 e. The SMILES string of the molecule is Cc1ccc(S(=O)(=O)Nc2nc3ccccc3nc2-n2cnc3ccccc32)cc1. The molecule has 0 spiro atoms. The molecule has 0 bridgehead atoms. The Kier molecular flexibility index (Phi) is 4.22. The number of nitrogens with zero attached hydrogens (tertiary/aromatic N) is 4. The maximum Gasteiger partial charge on any atom is 0.263 e. The summed E-state index contributed by atoms with van der Waals surface area (Å²) in [7, 11) is -3.85. The number of imidazole rings is 1. The number of sulfonamides is 1. The van der Waals surface area contributed by atoms with E-state index in [0.717, 1.165) is 16.6 Å². The van der Waals surface area contributed by atoms with Gasteiger partial charge < -0.3 is 0 Å². The van der Waals surface area contributed by atoms with Crippen molar-refractivity contribution in [3.8, 4) is 5.82 Å². The lowest BCUT2D eigenvalue weighted by molar-refractivity contribution is 0.601. The van der Waals surface area contributed by atoms with E-state index in [1.54, 1.807) is 41.2 Å². The number of aryl methyl sites for hydroxylation is 1. The molecule has 8 heteroatoms. The Bertz CT molecular complexity index is 1490. The number of aromatic nitrogens is 4. The second-order valence-electron chi connectivity index (χ2n) is 6.91. The van der Waals surface area contributed by atoms with Gasteiger partial charge in [-0.3, -0.25) is 9.29 Å². The molecule has 5 aromatic rings. The third-order valence-corrected chi connectivity index (χ3v) is 6.15. The molecule has 3 aromatic carbocycles. The van der Waals surface area contributed by atoms with Crippen molar-refractivity contribution in [1.29, 1.82) is 0 Å². The Balaban J connectivity index is 1.71. The average molecular weight is 415 g/mol. The fourth-order valence-corrected chi connectivity index (χ4v) is 4.26. The zero-order chi connectivity index (χ0) is 20.7. The van der Waals surface area contributed by atoms with E-state index in [1.165, 1.54) is 0 Å². The van der Waals surface area contributed by atoms with E-state index in [2.05, 4.69) is 14.7 Å². The van der Waals surface area contributed by atoms with Gasteiger partial charge in [-0.1, -0.05) is 42.0 Å². The third kappa shape index (κ3) is 3.17. The predicted octanol–water partition coefficient (Wildman–Crippen LogP) is 4.08. The molecule has 0 aliphatic heterocycles. The number of rotatable bonds is 4. The van der Waals surface area contributed by atoms with Gasteiger partial charge in [0.25, 0.3) is 10.0 Å². The van der Waals surface area contributed by atoms with Crippen molar-refractivity contribution in [2.45, 2.75) is 11.8 Å². The fraction of sp³-hybridized carbons (Fsp3) is 0.0455. The summed E-state index contributed by atoms with van der Waals surface area (Å²) >= 11 is 0. The zero-order valence-corrected chi connectivity index (χ0v) is 16.8. The van der Waals surface area contributed by atoms with Gasteiger partial charge in [0.15, 0.2) is 11.6 Å². The van der Waals surface area contributed by atoms with E-state index in [4.69, 9.17) is 4.98 Å². The van der Waals surface area contributed by atoms with Crippen molar-refractivity contribution in [2.75, 3.05) is 4.72 Å². The normalized spacial score (nSPS) is 11.8. The molecule has 2 heterocycles. The summed E-state index contributed by atoms with van der Waals surface area (Å²) in [6.45, 7) is 1.90. The first kappa shape index (κ1) is 18.3. The van der Waals surface area contributed by atoms with Crippen LogP contribution in [0, 0.1) is 6.92 Å². The maximum absolute atomic E-state index is 13.0. The summed E-state index contributed by atoms with van der Waals surface area (Å²) in [5.74, 6) is 0.496. The van der Waals surface area contributed by atoms with Crippen LogP contribution >= 0.6 is 0 Å². The van der Waals surface area contributed by atoms with Gasteiger partial charge in [-0.25, -0.2) is 23.4 Å². The summed E-state index contributed by atoms with van der Waals surface area (Å²) in [5.41, 5.74) is 3.80. The highest BCUT2D eigenvalue weighted by Crippen LogP contribution is 2.26. The van der Waals surface area contributed by atoms with Crippen LogP contribution in [-0.4, -0.2) is 27.9 Å². The van der Waals surface area contributed by atoms with Crippen LogP contribution in [0.4, 0.5) is 5.82 Å². The van der Waals surface area contributed by atoms with Crippen LogP contribution in [0.1, 0.15) is 5.56 Å². The Hall–Kier alpha value is -3.78. The Morgan fingerprint density at radius 2 is 1.43 bits per heavy atom.